The lowest BCUT2D eigenvalue weighted by atomic mass is 9.99. The van der Waals surface area contributed by atoms with Crippen molar-refractivity contribution in [1.29, 1.82) is 0 Å². The number of rotatable bonds is 4. The third kappa shape index (κ3) is 2.47. The highest BCUT2D eigenvalue weighted by atomic mass is 16.7. The number of ether oxygens (including phenoxy) is 4. The van der Waals surface area contributed by atoms with Gasteiger partial charge >= 0.3 is 0 Å². The maximum atomic E-state index is 9.91. The molecule has 1 heterocycles. The van der Waals surface area contributed by atoms with Gasteiger partial charge in [-0.3, -0.25) is 0 Å². The second-order valence-electron chi connectivity index (χ2n) is 3.35. The first-order valence-corrected chi connectivity index (χ1v) is 4.72. The summed E-state index contributed by atoms with van der Waals surface area (Å²) in [5.74, 6) is 0. The Balaban J connectivity index is 2.76. The molecule has 0 aromatic heterocycles. The van der Waals surface area contributed by atoms with E-state index in [9.17, 15) is 5.11 Å². The van der Waals surface area contributed by atoms with Gasteiger partial charge in [0.1, 0.15) is 24.4 Å². The van der Waals surface area contributed by atoms with Crippen LogP contribution in [0.1, 0.15) is 0 Å². The van der Waals surface area contributed by atoms with Crippen LogP contribution in [0.15, 0.2) is 0 Å². The first kappa shape index (κ1) is 12.8. The van der Waals surface area contributed by atoms with Crippen molar-refractivity contribution in [3.05, 3.63) is 0 Å². The molecule has 0 aromatic rings. The van der Waals surface area contributed by atoms with E-state index < -0.39 is 30.7 Å². The molecule has 2 N–H and O–H groups in total. The maximum absolute atomic E-state index is 9.91. The third-order valence-corrected chi connectivity index (χ3v) is 2.57. The second-order valence-corrected chi connectivity index (χ2v) is 3.35. The van der Waals surface area contributed by atoms with Gasteiger partial charge in [-0.15, -0.1) is 0 Å². The van der Waals surface area contributed by atoms with Crippen LogP contribution in [-0.2, 0) is 18.9 Å². The fourth-order valence-corrected chi connectivity index (χ4v) is 1.77. The van der Waals surface area contributed by atoms with Crippen molar-refractivity contribution >= 4 is 0 Å². The van der Waals surface area contributed by atoms with Gasteiger partial charge in [-0.05, 0) is 0 Å². The van der Waals surface area contributed by atoms with Gasteiger partial charge in [0.2, 0.25) is 0 Å². The quantitative estimate of drug-likeness (QED) is 0.618. The molecule has 1 aliphatic rings. The first-order chi connectivity index (χ1) is 7.19. The van der Waals surface area contributed by atoms with Crippen LogP contribution in [-0.4, -0.2) is 68.9 Å². The Labute approximate surface area is 88.7 Å². The molecule has 1 aliphatic heterocycles. The van der Waals surface area contributed by atoms with Gasteiger partial charge in [0.15, 0.2) is 6.29 Å². The van der Waals surface area contributed by atoms with E-state index in [0.717, 1.165) is 0 Å². The lowest BCUT2D eigenvalue weighted by Gasteiger charge is -2.42. The molecule has 0 aliphatic carbocycles. The van der Waals surface area contributed by atoms with Crippen molar-refractivity contribution in [2.45, 2.75) is 30.7 Å². The zero-order valence-corrected chi connectivity index (χ0v) is 9.12. The van der Waals surface area contributed by atoms with Crippen molar-refractivity contribution in [3.63, 3.8) is 0 Å². The molecule has 0 radical (unpaired) electrons. The number of hydrogen-bond acceptors (Lipinski definition) is 6. The van der Waals surface area contributed by atoms with Crippen molar-refractivity contribution < 1.29 is 29.2 Å². The minimum Gasteiger partial charge on any atom is -0.394 e. The summed E-state index contributed by atoms with van der Waals surface area (Å²) in [6.45, 7) is -0.244. The second kappa shape index (κ2) is 5.74. The highest BCUT2D eigenvalue weighted by Gasteiger charge is 2.45. The molecule has 0 bridgehead atoms. The zero-order chi connectivity index (χ0) is 11.4. The van der Waals surface area contributed by atoms with Gasteiger partial charge in [0.05, 0.1) is 6.61 Å². The lowest BCUT2D eigenvalue weighted by Crippen LogP contribution is -2.60. The van der Waals surface area contributed by atoms with E-state index in [4.69, 9.17) is 24.1 Å². The van der Waals surface area contributed by atoms with Crippen LogP contribution in [0.25, 0.3) is 0 Å². The molecule has 1 rings (SSSR count). The molecule has 0 aromatic carbocycles. The Kier molecular flexibility index (Phi) is 4.91. The summed E-state index contributed by atoms with van der Waals surface area (Å²) in [7, 11) is 4.35. The predicted molar refractivity (Wildman–Crippen MR) is 50.4 cm³/mol. The molecule has 15 heavy (non-hydrogen) atoms. The standard InChI is InChI=1S/C9H18O6/c1-12-7-5(4-10)15-9(14-3)8(13-2)6(7)11/h5-11H,4H2,1-3H3/t5-,6+,7+,8-,9+/m1/s1. The van der Waals surface area contributed by atoms with Crippen LogP contribution in [0.2, 0.25) is 0 Å². The maximum Gasteiger partial charge on any atom is 0.186 e. The molecule has 90 valence electrons. The van der Waals surface area contributed by atoms with E-state index in [2.05, 4.69) is 0 Å². The van der Waals surface area contributed by atoms with Gasteiger partial charge in [0.25, 0.3) is 0 Å². The topological polar surface area (TPSA) is 77.4 Å². The normalized spacial score (nSPS) is 41.8. The highest BCUT2D eigenvalue weighted by Crippen LogP contribution is 2.25. The predicted octanol–water partition coefficient (Wildman–Crippen LogP) is -1.26. The molecular weight excluding hydrogens is 204 g/mol. The average Bonchev–Trinajstić information content (AvgIpc) is 2.27. The van der Waals surface area contributed by atoms with Gasteiger partial charge in [0, 0.05) is 21.3 Å². The average molecular weight is 222 g/mol. The SMILES string of the molecule is CO[C@H]1O[C@H](CO)[C@H](OC)[C@H](O)[C@H]1OC. The van der Waals surface area contributed by atoms with Crippen LogP contribution in [0, 0.1) is 0 Å². The largest absolute Gasteiger partial charge is 0.394 e. The van der Waals surface area contributed by atoms with Gasteiger partial charge in [-0.25, -0.2) is 0 Å². The Hall–Kier alpha value is -0.240. The number of aliphatic hydroxyl groups is 2. The molecule has 1 fully saturated rings. The minimum atomic E-state index is -0.893. The molecule has 0 spiro atoms. The highest BCUT2D eigenvalue weighted by molar-refractivity contribution is 4.90. The summed E-state index contributed by atoms with van der Waals surface area (Å²) in [5, 5.41) is 19.0. The minimum absolute atomic E-state index is 0.244. The molecule has 1 saturated heterocycles. The summed E-state index contributed by atoms with van der Waals surface area (Å²) in [6, 6.07) is 0. The van der Waals surface area contributed by atoms with E-state index in [0.29, 0.717) is 0 Å². The van der Waals surface area contributed by atoms with Crippen LogP contribution in [0.5, 0.6) is 0 Å². The zero-order valence-electron chi connectivity index (χ0n) is 9.12. The van der Waals surface area contributed by atoms with Crippen LogP contribution >= 0.6 is 0 Å². The Morgan fingerprint density at radius 2 is 1.67 bits per heavy atom. The fourth-order valence-electron chi connectivity index (χ4n) is 1.77. The van der Waals surface area contributed by atoms with E-state index >= 15 is 0 Å². The Bertz CT molecular complexity index is 169. The van der Waals surface area contributed by atoms with Crippen molar-refractivity contribution in [2.75, 3.05) is 27.9 Å². The van der Waals surface area contributed by atoms with Crippen LogP contribution in [0.3, 0.4) is 0 Å². The molecule has 0 saturated carbocycles. The number of hydrogen-bond donors (Lipinski definition) is 2. The molecule has 6 heteroatoms. The van der Waals surface area contributed by atoms with Crippen molar-refractivity contribution in [1.82, 2.24) is 0 Å². The number of methoxy groups -OCH3 is 3. The summed E-state index contributed by atoms with van der Waals surface area (Å²) in [6.07, 6.45) is -3.44. The Morgan fingerprint density at radius 3 is 2.07 bits per heavy atom. The van der Waals surface area contributed by atoms with E-state index in [-0.39, 0.29) is 6.61 Å². The van der Waals surface area contributed by atoms with E-state index in [1.54, 1.807) is 0 Å². The number of aliphatic hydroxyl groups excluding tert-OH is 2. The monoisotopic (exact) mass is 222 g/mol. The summed E-state index contributed by atoms with van der Waals surface area (Å²) in [5.41, 5.74) is 0. The molecule has 0 amide bonds. The summed E-state index contributed by atoms with van der Waals surface area (Å²) >= 11 is 0. The van der Waals surface area contributed by atoms with Crippen molar-refractivity contribution in [3.8, 4) is 0 Å². The van der Waals surface area contributed by atoms with Gasteiger partial charge in [-0.1, -0.05) is 0 Å². The van der Waals surface area contributed by atoms with Crippen molar-refractivity contribution in [2.24, 2.45) is 0 Å². The molecular formula is C9H18O6. The van der Waals surface area contributed by atoms with E-state index in [1.807, 2.05) is 0 Å². The summed E-state index contributed by atoms with van der Waals surface area (Å²) < 4.78 is 20.5. The van der Waals surface area contributed by atoms with Gasteiger partial charge < -0.3 is 29.2 Å². The Morgan fingerprint density at radius 1 is 1.07 bits per heavy atom. The van der Waals surface area contributed by atoms with Crippen LogP contribution < -0.4 is 0 Å². The molecule has 0 unspecified atom stereocenters. The van der Waals surface area contributed by atoms with Crippen LogP contribution in [0.4, 0.5) is 0 Å². The van der Waals surface area contributed by atoms with Gasteiger partial charge in [-0.2, -0.15) is 0 Å². The lowest BCUT2D eigenvalue weighted by molar-refractivity contribution is -0.302. The molecule has 6 nitrogen and oxygen atoms in total. The fraction of sp³-hybridized carbons (Fsp3) is 1.00. The van der Waals surface area contributed by atoms with E-state index in [1.165, 1.54) is 21.3 Å². The third-order valence-electron chi connectivity index (χ3n) is 2.57. The first-order valence-electron chi connectivity index (χ1n) is 4.72. The smallest absolute Gasteiger partial charge is 0.186 e. The molecule has 5 atom stereocenters. The summed E-state index contributed by atoms with van der Waals surface area (Å²) in [4.78, 5) is 0.